The van der Waals surface area contributed by atoms with E-state index in [4.69, 9.17) is 5.73 Å². The molecule has 9 heteroatoms. The van der Waals surface area contributed by atoms with Gasteiger partial charge in [0.05, 0.1) is 12.1 Å². The lowest BCUT2D eigenvalue weighted by Gasteiger charge is -2.16. The van der Waals surface area contributed by atoms with Crippen LogP contribution in [0.3, 0.4) is 0 Å². The molecule has 2 atom stereocenters. The zero-order valence-electron chi connectivity index (χ0n) is 8.32. The summed E-state index contributed by atoms with van der Waals surface area (Å²) in [6.45, 7) is 0.0818. The Balaban J connectivity index is 3.08. The third kappa shape index (κ3) is 3.03. The maximum Gasteiger partial charge on any atom is 0.406 e. The van der Waals surface area contributed by atoms with Crippen molar-refractivity contribution in [3.05, 3.63) is 10.6 Å². The summed E-state index contributed by atoms with van der Waals surface area (Å²) in [4.78, 5) is 0. The van der Waals surface area contributed by atoms with Gasteiger partial charge in [-0.1, -0.05) is 0 Å². The number of nitrogens with two attached hydrogens (primary N) is 1. The lowest BCUT2D eigenvalue weighted by Crippen LogP contribution is -2.29. The Kier molecular flexibility index (Phi) is 3.71. The van der Waals surface area contributed by atoms with E-state index in [0.717, 1.165) is 4.57 Å². The standard InChI is InChI=1S/C7H11F3N4OS/c1-3(15)4(11)5-12-13-6(16)14(5)2-7(8,9)10/h3-4,15H,2,11H2,1H3,(H,13,16)/t3-,4-/m0/s1. The van der Waals surface area contributed by atoms with Crippen LogP contribution < -0.4 is 5.73 Å². The first-order valence-electron chi connectivity index (χ1n) is 4.38. The molecule has 0 saturated carbocycles. The van der Waals surface area contributed by atoms with Gasteiger partial charge >= 0.3 is 6.18 Å². The molecule has 16 heavy (non-hydrogen) atoms. The van der Waals surface area contributed by atoms with Crippen LogP contribution >= 0.6 is 12.2 Å². The normalized spacial score (nSPS) is 16.1. The Hall–Kier alpha value is -0.930. The average molecular weight is 256 g/mol. The minimum Gasteiger partial charge on any atom is -0.391 e. The highest BCUT2D eigenvalue weighted by atomic mass is 32.1. The Bertz CT molecular complexity index is 410. The lowest BCUT2D eigenvalue weighted by atomic mass is 10.2. The molecular weight excluding hydrogens is 245 g/mol. The average Bonchev–Trinajstić information content (AvgIpc) is 2.44. The number of aromatic amines is 1. The molecule has 0 spiro atoms. The quantitative estimate of drug-likeness (QED) is 0.701. The van der Waals surface area contributed by atoms with Crippen LogP contribution in [0.25, 0.3) is 0 Å². The van der Waals surface area contributed by atoms with Gasteiger partial charge in [-0.2, -0.15) is 18.3 Å². The number of H-pyrrole nitrogens is 1. The van der Waals surface area contributed by atoms with Crippen molar-refractivity contribution in [2.45, 2.75) is 31.8 Å². The monoisotopic (exact) mass is 256 g/mol. The maximum atomic E-state index is 12.2. The molecule has 0 aliphatic heterocycles. The molecule has 1 aromatic rings. The number of hydrogen-bond donors (Lipinski definition) is 3. The van der Waals surface area contributed by atoms with E-state index in [2.05, 4.69) is 22.4 Å². The molecule has 0 aliphatic rings. The largest absolute Gasteiger partial charge is 0.406 e. The van der Waals surface area contributed by atoms with Crippen LogP contribution in [0.1, 0.15) is 18.8 Å². The van der Waals surface area contributed by atoms with Gasteiger partial charge < -0.3 is 10.8 Å². The molecular formula is C7H11F3N4OS. The van der Waals surface area contributed by atoms with E-state index in [-0.39, 0.29) is 10.6 Å². The van der Waals surface area contributed by atoms with Crippen molar-refractivity contribution >= 4 is 12.2 Å². The van der Waals surface area contributed by atoms with Crippen LogP contribution in [0.2, 0.25) is 0 Å². The van der Waals surface area contributed by atoms with Crippen molar-refractivity contribution in [2.24, 2.45) is 5.73 Å². The fourth-order valence-corrected chi connectivity index (χ4v) is 1.34. The molecule has 0 fully saturated rings. The summed E-state index contributed by atoms with van der Waals surface area (Å²) in [6.07, 6.45) is -5.44. The number of nitrogens with one attached hydrogen (secondary N) is 1. The second kappa shape index (κ2) is 4.52. The number of alkyl halides is 3. The van der Waals surface area contributed by atoms with Crippen LogP contribution in [0.5, 0.6) is 0 Å². The third-order valence-electron chi connectivity index (χ3n) is 1.94. The summed E-state index contributed by atoms with van der Waals surface area (Å²) in [5, 5.41) is 15.0. The SMILES string of the molecule is C[C@H](O)[C@H](N)c1n[nH]c(=S)n1CC(F)(F)F. The number of nitrogens with zero attached hydrogens (tertiary/aromatic N) is 2. The van der Waals surface area contributed by atoms with Gasteiger partial charge in [0.25, 0.3) is 0 Å². The molecule has 0 saturated heterocycles. The fourth-order valence-electron chi connectivity index (χ4n) is 1.13. The van der Waals surface area contributed by atoms with Crippen LogP contribution in [-0.4, -0.2) is 32.2 Å². The molecule has 0 unspecified atom stereocenters. The molecule has 0 radical (unpaired) electrons. The number of halogens is 3. The number of rotatable bonds is 3. The van der Waals surface area contributed by atoms with E-state index in [9.17, 15) is 18.3 Å². The fraction of sp³-hybridized carbons (Fsp3) is 0.714. The smallest absolute Gasteiger partial charge is 0.391 e. The van der Waals surface area contributed by atoms with Gasteiger partial charge in [0.15, 0.2) is 10.6 Å². The summed E-state index contributed by atoms with van der Waals surface area (Å²) >= 11 is 4.65. The maximum absolute atomic E-state index is 12.2. The highest BCUT2D eigenvalue weighted by molar-refractivity contribution is 7.71. The summed E-state index contributed by atoms with van der Waals surface area (Å²) < 4.78 is 37.2. The molecule has 0 aliphatic carbocycles. The highest BCUT2D eigenvalue weighted by Gasteiger charge is 2.31. The number of hydrogen-bond acceptors (Lipinski definition) is 4. The minimum atomic E-state index is -4.42. The predicted octanol–water partition coefficient (Wildman–Crippen LogP) is 0.884. The summed E-state index contributed by atoms with van der Waals surface area (Å²) in [5.41, 5.74) is 5.50. The second-order valence-electron chi connectivity index (χ2n) is 3.35. The first-order chi connectivity index (χ1) is 7.22. The molecule has 0 amide bonds. The lowest BCUT2D eigenvalue weighted by molar-refractivity contribution is -0.141. The first kappa shape index (κ1) is 13.1. The van der Waals surface area contributed by atoms with Crippen molar-refractivity contribution in [1.82, 2.24) is 14.8 Å². The van der Waals surface area contributed by atoms with Gasteiger partial charge in [0.1, 0.15) is 6.54 Å². The van der Waals surface area contributed by atoms with Crippen molar-refractivity contribution in [1.29, 1.82) is 0 Å². The van der Waals surface area contributed by atoms with Gasteiger partial charge in [-0.25, -0.2) is 0 Å². The molecule has 5 nitrogen and oxygen atoms in total. The van der Waals surface area contributed by atoms with Crippen molar-refractivity contribution in [3.8, 4) is 0 Å². The molecule has 1 rings (SSSR count). The van der Waals surface area contributed by atoms with E-state index in [1.807, 2.05) is 0 Å². The summed E-state index contributed by atoms with van der Waals surface area (Å²) in [5.74, 6) is -0.114. The second-order valence-corrected chi connectivity index (χ2v) is 3.74. The van der Waals surface area contributed by atoms with Gasteiger partial charge in [0.2, 0.25) is 0 Å². The van der Waals surface area contributed by atoms with Crippen LogP contribution in [-0.2, 0) is 6.54 Å². The predicted molar refractivity (Wildman–Crippen MR) is 52.1 cm³/mol. The molecule has 0 bridgehead atoms. The number of aromatic nitrogens is 3. The highest BCUT2D eigenvalue weighted by Crippen LogP contribution is 2.21. The van der Waals surface area contributed by atoms with Crippen molar-refractivity contribution in [3.63, 3.8) is 0 Å². The summed E-state index contributed by atoms with van der Waals surface area (Å²) in [7, 11) is 0. The van der Waals surface area contributed by atoms with E-state index in [1.165, 1.54) is 6.92 Å². The van der Waals surface area contributed by atoms with Crippen LogP contribution in [0, 0.1) is 4.77 Å². The molecule has 92 valence electrons. The molecule has 1 aromatic heterocycles. The van der Waals surface area contributed by atoms with Gasteiger partial charge in [-0.05, 0) is 19.1 Å². The first-order valence-corrected chi connectivity index (χ1v) is 4.78. The summed E-state index contributed by atoms with van der Waals surface area (Å²) in [6, 6.07) is -1.02. The molecule has 0 aromatic carbocycles. The third-order valence-corrected chi connectivity index (χ3v) is 2.25. The number of aliphatic hydroxyl groups excluding tert-OH is 1. The van der Waals surface area contributed by atoms with E-state index >= 15 is 0 Å². The topological polar surface area (TPSA) is 79.9 Å². The Morgan fingerprint density at radius 3 is 2.62 bits per heavy atom. The van der Waals surface area contributed by atoms with E-state index in [0.29, 0.717) is 0 Å². The van der Waals surface area contributed by atoms with Crippen LogP contribution in [0.4, 0.5) is 13.2 Å². The van der Waals surface area contributed by atoms with Gasteiger partial charge in [-0.15, -0.1) is 0 Å². The Labute approximate surface area is 94.1 Å². The Morgan fingerprint density at radius 2 is 2.19 bits per heavy atom. The zero-order chi connectivity index (χ0) is 12.5. The van der Waals surface area contributed by atoms with Crippen molar-refractivity contribution < 1.29 is 18.3 Å². The number of aliphatic hydroxyl groups is 1. The van der Waals surface area contributed by atoms with Gasteiger partial charge in [-0.3, -0.25) is 9.67 Å². The van der Waals surface area contributed by atoms with Crippen molar-refractivity contribution in [2.75, 3.05) is 0 Å². The van der Waals surface area contributed by atoms with Gasteiger partial charge in [0, 0.05) is 0 Å². The van der Waals surface area contributed by atoms with E-state index < -0.39 is 24.9 Å². The van der Waals surface area contributed by atoms with Crippen LogP contribution in [0.15, 0.2) is 0 Å². The molecule has 1 heterocycles. The molecule has 4 N–H and O–H groups in total. The Morgan fingerprint density at radius 1 is 1.62 bits per heavy atom. The van der Waals surface area contributed by atoms with E-state index in [1.54, 1.807) is 0 Å². The zero-order valence-corrected chi connectivity index (χ0v) is 9.14. The minimum absolute atomic E-state index is 0.114.